The summed E-state index contributed by atoms with van der Waals surface area (Å²) in [5.41, 5.74) is -0.849. The number of piperidine rings is 1. The first kappa shape index (κ1) is 17.1. The first-order valence-corrected chi connectivity index (χ1v) is 8.85. The number of fused-ring (bicyclic) bond motifs is 2. The fourth-order valence-corrected chi connectivity index (χ4v) is 3.51. The number of amides is 2. The molecule has 2 saturated heterocycles. The number of urea groups is 1. The molecule has 0 aliphatic carbocycles. The van der Waals surface area contributed by atoms with E-state index >= 15 is 0 Å². The Hall–Kier alpha value is -1.76. The summed E-state index contributed by atoms with van der Waals surface area (Å²) in [6.45, 7) is 2.61. The molecular weight excluding hydrogens is 342 g/mol. The van der Waals surface area contributed by atoms with E-state index in [0.717, 1.165) is 0 Å². The molecule has 134 valence electrons. The molecular formula is C12H19N5O6S. The Morgan fingerprint density at radius 1 is 1.50 bits per heavy atom. The molecule has 2 N–H and O–H groups in total. The van der Waals surface area contributed by atoms with Gasteiger partial charge in [0.25, 0.3) is 0 Å². The van der Waals surface area contributed by atoms with Crippen LogP contribution in [0.3, 0.4) is 0 Å². The predicted octanol–water partition coefficient (Wildman–Crippen LogP) is -0.103. The van der Waals surface area contributed by atoms with Crippen LogP contribution >= 0.6 is 0 Å². The fourth-order valence-electron chi connectivity index (χ4n) is 3.08. The van der Waals surface area contributed by atoms with Crippen molar-refractivity contribution in [2.75, 3.05) is 20.1 Å². The Morgan fingerprint density at radius 3 is 2.92 bits per heavy atom. The molecule has 1 aromatic rings. The van der Waals surface area contributed by atoms with E-state index in [-0.39, 0.29) is 6.54 Å². The van der Waals surface area contributed by atoms with Crippen LogP contribution in [0.2, 0.25) is 0 Å². The molecule has 2 amide bonds. The highest BCUT2D eigenvalue weighted by molar-refractivity contribution is 7.80. The van der Waals surface area contributed by atoms with E-state index in [4.69, 9.17) is 8.97 Å². The van der Waals surface area contributed by atoms with Crippen molar-refractivity contribution in [3.8, 4) is 0 Å². The van der Waals surface area contributed by atoms with E-state index in [1.54, 1.807) is 6.92 Å². The van der Waals surface area contributed by atoms with Crippen molar-refractivity contribution < 1.29 is 26.5 Å². The lowest BCUT2D eigenvalue weighted by molar-refractivity contribution is -0.0746. The predicted molar refractivity (Wildman–Crippen MR) is 78.9 cm³/mol. The molecule has 3 rings (SSSR count). The van der Waals surface area contributed by atoms with Gasteiger partial charge in [0.05, 0.1) is 5.54 Å². The highest BCUT2D eigenvalue weighted by Gasteiger charge is 2.56. The van der Waals surface area contributed by atoms with Gasteiger partial charge in [-0.1, -0.05) is 0 Å². The maximum Gasteiger partial charge on any atom is 0.418 e. The number of hydrogen-bond acceptors (Lipinski definition) is 8. The SMILES string of the molecule is CNCCc1nnc([C@@H]2CC[C@]3(C)CN2C(=O)N3OS(=O)(=O)O)o1. The van der Waals surface area contributed by atoms with Gasteiger partial charge in [0.2, 0.25) is 11.8 Å². The minimum atomic E-state index is -4.79. The lowest BCUT2D eigenvalue weighted by Gasteiger charge is -2.34. The second kappa shape index (κ2) is 5.95. The number of aromatic nitrogens is 2. The minimum Gasteiger partial charge on any atom is -0.423 e. The number of rotatable bonds is 6. The molecule has 0 unspecified atom stereocenters. The third-order valence-corrected chi connectivity index (χ3v) is 4.62. The van der Waals surface area contributed by atoms with Gasteiger partial charge in [-0.15, -0.1) is 14.5 Å². The zero-order chi connectivity index (χ0) is 17.5. The van der Waals surface area contributed by atoms with Crippen molar-refractivity contribution in [2.45, 2.75) is 37.8 Å². The molecule has 11 nitrogen and oxygen atoms in total. The number of hydrogen-bond donors (Lipinski definition) is 2. The lowest BCUT2D eigenvalue weighted by Crippen LogP contribution is -2.46. The van der Waals surface area contributed by atoms with Gasteiger partial charge in [-0.3, -0.25) is 4.55 Å². The van der Waals surface area contributed by atoms with Gasteiger partial charge >= 0.3 is 16.4 Å². The average Bonchev–Trinajstić information content (AvgIpc) is 3.03. The van der Waals surface area contributed by atoms with Gasteiger partial charge in [-0.25, -0.2) is 4.79 Å². The molecule has 2 aliphatic heterocycles. The Morgan fingerprint density at radius 2 is 2.25 bits per heavy atom. The zero-order valence-electron chi connectivity index (χ0n) is 13.3. The number of nitrogens with zero attached hydrogens (tertiary/aromatic N) is 4. The van der Waals surface area contributed by atoms with Crippen LogP contribution in [0.4, 0.5) is 4.79 Å². The summed E-state index contributed by atoms with van der Waals surface area (Å²) >= 11 is 0. The van der Waals surface area contributed by atoms with E-state index in [9.17, 15) is 13.2 Å². The number of likely N-dealkylation sites (N-methyl/N-ethyl adjacent to an activating group) is 1. The second-order valence-corrected chi connectivity index (χ2v) is 7.15. The highest BCUT2D eigenvalue weighted by atomic mass is 32.3. The van der Waals surface area contributed by atoms with Crippen molar-refractivity contribution in [1.82, 2.24) is 25.5 Å². The Balaban J connectivity index is 1.80. The highest BCUT2D eigenvalue weighted by Crippen LogP contribution is 2.44. The standard InChI is InChI=1S/C12H19N5O6S/c1-12-5-3-8(10-15-14-9(22-10)4-6-13-2)16(7-12)11(18)17(12)23-24(19,20)21/h8,13H,3-7H2,1-2H3,(H,19,20,21)/t8-,12+/m0/s1. The van der Waals surface area contributed by atoms with Gasteiger partial charge in [0.15, 0.2) is 0 Å². The van der Waals surface area contributed by atoms with E-state index in [0.29, 0.717) is 42.7 Å². The summed E-state index contributed by atoms with van der Waals surface area (Å²) in [6, 6.07) is -1.11. The molecule has 0 radical (unpaired) electrons. The molecule has 0 aromatic carbocycles. The summed E-state index contributed by atoms with van der Waals surface area (Å²) in [5.74, 6) is 0.774. The Bertz CT molecular complexity index is 736. The monoisotopic (exact) mass is 361 g/mol. The van der Waals surface area contributed by atoms with Crippen LogP contribution in [0.5, 0.6) is 0 Å². The van der Waals surface area contributed by atoms with Gasteiger partial charge in [-0.05, 0) is 26.8 Å². The quantitative estimate of drug-likeness (QED) is 0.665. The van der Waals surface area contributed by atoms with Crippen LogP contribution in [0.1, 0.15) is 37.6 Å². The largest absolute Gasteiger partial charge is 0.423 e. The van der Waals surface area contributed by atoms with Crippen LogP contribution in [0, 0.1) is 0 Å². The maximum atomic E-state index is 12.5. The van der Waals surface area contributed by atoms with Gasteiger partial charge in [-0.2, -0.15) is 13.5 Å². The molecule has 2 atom stereocenters. The average molecular weight is 361 g/mol. The number of hydroxylamine groups is 2. The first-order valence-electron chi connectivity index (χ1n) is 7.48. The molecule has 3 heterocycles. The summed E-state index contributed by atoms with van der Waals surface area (Å²) < 4.78 is 41.0. The van der Waals surface area contributed by atoms with Gasteiger partial charge < -0.3 is 14.6 Å². The fraction of sp³-hybridized carbons (Fsp3) is 0.750. The van der Waals surface area contributed by atoms with Gasteiger partial charge in [0, 0.05) is 19.5 Å². The number of nitrogens with one attached hydrogen (secondary N) is 1. The topological polar surface area (TPSA) is 138 Å². The molecule has 0 spiro atoms. The van der Waals surface area contributed by atoms with Crippen LogP contribution < -0.4 is 5.32 Å². The molecule has 2 bridgehead atoms. The molecule has 1 aromatic heterocycles. The third kappa shape index (κ3) is 3.09. The van der Waals surface area contributed by atoms with Gasteiger partial charge in [0.1, 0.15) is 6.04 Å². The van der Waals surface area contributed by atoms with Crippen LogP contribution in [-0.2, 0) is 21.1 Å². The van der Waals surface area contributed by atoms with Crippen molar-refractivity contribution >= 4 is 16.4 Å². The zero-order valence-corrected chi connectivity index (χ0v) is 14.1. The summed E-state index contributed by atoms with van der Waals surface area (Å²) in [5, 5.41) is 11.6. The van der Waals surface area contributed by atoms with Crippen molar-refractivity contribution in [2.24, 2.45) is 0 Å². The Labute approximate surface area is 138 Å². The summed E-state index contributed by atoms with van der Waals surface area (Å²) in [7, 11) is -2.97. The summed E-state index contributed by atoms with van der Waals surface area (Å²) in [4.78, 5) is 13.9. The summed E-state index contributed by atoms with van der Waals surface area (Å²) in [6.07, 6.45) is 1.55. The van der Waals surface area contributed by atoms with E-state index in [1.165, 1.54) is 4.90 Å². The van der Waals surface area contributed by atoms with Crippen molar-refractivity contribution in [3.63, 3.8) is 0 Å². The van der Waals surface area contributed by atoms with E-state index in [1.807, 2.05) is 7.05 Å². The number of carbonyl (C=O) groups is 1. The second-order valence-electron chi connectivity index (χ2n) is 6.15. The lowest BCUT2D eigenvalue weighted by atomic mass is 9.89. The Kier molecular flexibility index (Phi) is 4.23. The molecule has 12 heteroatoms. The maximum absolute atomic E-state index is 12.5. The van der Waals surface area contributed by atoms with E-state index in [2.05, 4.69) is 19.8 Å². The van der Waals surface area contributed by atoms with Crippen molar-refractivity contribution in [1.29, 1.82) is 0 Å². The van der Waals surface area contributed by atoms with Crippen LogP contribution in [0.25, 0.3) is 0 Å². The van der Waals surface area contributed by atoms with E-state index < -0.39 is 28.0 Å². The third-order valence-electron chi connectivity index (χ3n) is 4.28. The molecule has 24 heavy (non-hydrogen) atoms. The molecule has 2 aliphatic rings. The number of carbonyl (C=O) groups excluding carboxylic acids is 1. The molecule has 0 saturated carbocycles. The smallest absolute Gasteiger partial charge is 0.418 e. The minimum absolute atomic E-state index is 0.236. The first-order chi connectivity index (χ1) is 11.2. The van der Waals surface area contributed by atoms with Crippen LogP contribution in [0.15, 0.2) is 4.42 Å². The normalized spacial score (nSPS) is 27.1. The molecule has 2 fully saturated rings. The van der Waals surface area contributed by atoms with Crippen LogP contribution in [-0.4, -0.2) is 64.8 Å². The van der Waals surface area contributed by atoms with Crippen molar-refractivity contribution in [3.05, 3.63) is 11.8 Å².